The molecule has 8 nitrogen and oxygen atoms in total. The van der Waals surface area contributed by atoms with E-state index in [0.717, 1.165) is 11.1 Å². The van der Waals surface area contributed by atoms with E-state index in [2.05, 4.69) is 15.4 Å². The van der Waals surface area contributed by atoms with Crippen LogP contribution in [0.4, 0.5) is 0 Å². The molecule has 8 heteroatoms. The predicted molar refractivity (Wildman–Crippen MR) is 69.2 cm³/mol. The molecule has 0 bridgehead atoms. The van der Waals surface area contributed by atoms with Crippen LogP contribution in [0.15, 0.2) is 12.3 Å². The molecular formula is C12H14N4O4. The maximum atomic E-state index is 11.9. The van der Waals surface area contributed by atoms with Crippen molar-refractivity contribution in [2.24, 2.45) is 7.05 Å². The number of aliphatic carboxylic acids is 1. The normalized spacial score (nSPS) is 12.3. The number of hydrogen-bond acceptors (Lipinski definition) is 5. The van der Waals surface area contributed by atoms with Crippen LogP contribution < -0.4 is 5.32 Å². The monoisotopic (exact) mass is 278 g/mol. The number of nitrogens with one attached hydrogen (secondary N) is 1. The van der Waals surface area contributed by atoms with Gasteiger partial charge in [-0.3, -0.25) is 9.48 Å². The number of fused-ring (bicyclic) bond motifs is 1. The van der Waals surface area contributed by atoms with Crippen LogP contribution in [0.1, 0.15) is 16.1 Å². The predicted octanol–water partition coefficient (Wildman–Crippen LogP) is -0.548. The van der Waals surface area contributed by atoms with Gasteiger partial charge in [0.15, 0.2) is 11.8 Å². The third kappa shape index (κ3) is 2.59. The first-order valence-corrected chi connectivity index (χ1v) is 5.88. The molecule has 0 spiro atoms. The van der Waals surface area contributed by atoms with Crippen LogP contribution in [0.2, 0.25) is 0 Å². The highest BCUT2D eigenvalue weighted by molar-refractivity contribution is 5.97. The number of amides is 1. The number of aliphatic hydroxyl groups is 1. The maximum Gasteiger partial charge on any atom is 0.334 e. The molecule has 2 rings (SSSR count). The van der Waals surface area contributed by atoms with Crippen LogP contribution in [0.3, 0.4) is 0 Å². The Bertz CT molecular complexity index is 679. The summed E-state index contributed by atoms with van der Waals surface area (Å²) in [5, 5.41) is 24.9. The molecule has 2 aromatic heterocycles. The maximum absolute atomic E-state index is 11.9. The number of pyridine rings is 1. The molecule has 2 aromatic rings. The summed E-state index contributed by atoms with van der Waals surface area (Å²) >= 11 is 0. The Morgan fingerprint density at radius 2 is 2.20 bits per heavy atom. The third-order valence-corrected chi connectivity index (χ3v) is 2.87. The first-order chi connectivity index (χ1) is 9.40. The SMILES string of the molecule is Cc1nn(C)c2ncc(C(=O)NCC(O)C(=O)O)cc12. The molecule has 0 saturated heterocycles. The minimum absolute atomic E-state index is 0.284. The quantitative estimate of drug-likeness (QED) is 0.691. The van der Waals surface area contributed by atoms with Crippen LogP contribution in [0.25, 0.3) is 11.0 Å². The minimum atomic E-state index is -1.63. The van der Waals surface area contributed by atoms with E-state index < -0.39 is 18.0 Å². The first-order valence-electron chi connectivity index (χ1n) is 5.88. The zero-order valence-corrected chi connectivity index (χ0v) is 11.0. The largest absolute Gasteiger partial charge is 0.479 e. The molecule has 20 heavy (non-hydrogen) atoms. The first kappa shape index (κ1) is 13.9. The van der Waals surface area contributed by atoms with Crippen molar-refractivity contribution in [1.29, 1.82) is 0 Å². The highest BCUT2D eigenvalue weighted by Crippen LogP contribution is 2.16. The van der Waals surface area contributed by atoms with E-state index >= 15 is 0 Å². The second-order valence-corrected chi connectivity index (χ2v) is 4.37. The summed E-state index contributed by atoms with van der Waals surface area (Å²) in [6, 6.07) is 1.63. The summed E-state index contributed by atoms with van der Waals surface area (Å²) in [6.45, 7) is 1.44. The molecule has 0 aromatic carbocycles. The van der Waals surface area contributed by atoms with Crippen LogP contribution in [-0.2, 0) is 11.8 Å². The number of carboxylic acids is 1. The lowest BCUT2D eigenvalue weighted by Crippen LogP contribution is -2.36. The second kappa shape index (κ2) is 5.25. The van der Waals surface area contributed by atoms with Gasteiger partial charge in [0, 0.05) is 18.6 Å². The molecule has 1 atom stereocenters. The van der Waals surface area contributed by atoms with Gasteiger partial charge in [-0.05, 0) is 13.0 Å². The molecule has 1 unspecified atom stereocenters. The third-order valence-electron chi connectivity index (χ3n) is 2.87. The molecule has 0 radical (unpaired) electrons. The Morgan fingerprint density at radius 1 is 1.50 bits per heavy atom. The molecule has 0 aliphatic heterocycles. The van der Waals surface area contributed by atoms with Crippen LogP contribution >= 0.6 is 0 Å². The number of carbonyl (C=O) groups is 2. The molecule has 0 aliphatic carbocycles. The minimum Gasteiger partial charge on any atom is -0.479 e. The number of carbonyl (C=O) groups excluding carboxylic acids is 1. The summed E-state index contributed by atoms with van der Waals surface area (Å²) in [5.41, 5.74) is 1.69. The van der Waals surface area contributed by atoms with Gasteiger partial charge in [0.2, 0.25) is 0 Å². The molecule has 2 heterocycles. The summed E-state index contributed by atoms with van der Waals surface area (Å²) in [6.07, 6.45) is -0.248. The van der Waals surface area contributed by atoms with Crippen molar-refractivity contribution in [3.63, 3.8) is 0 Å². The molecule has 3 N–H and O–H groups in total. The van der Waals surface area contributed by atoms with Crippen molar-refractivity contribution in [3.05, 3.63) is 23.5 Å². The lowest BCUT2D eigenvalue weighted by Gasteiger charge is -2.07. The fourth-order valence-electron chi connectivity index (χ4n) is 1.81. The Balaban J connectivity index is 2.18. The molecule has 0 aliphatic rings. The number of rotatable bonds is 4. The summed E-state index contributed by atoms with van der Waals surface area (Å²) in [4.78, 5) is 26.4. The van der Waals surface area contributed by atoms with Gasteiger partial charge in [-0.1, -0.05) is 0 Å². The van der Waals surface area contributed by atoms with Crippen molar-refractivity contribution >= 4 is 22.9 Å². The van der Waals surface area contributed by atoms with Crippen molar-refractivity contribution in [1.82, 2.24) is 20.1 Å². The summed E-state index contributed by atoms with van der Waals surface area (Å²) in [5.74, 6) is -1.88. The highest BCUT2D eigenvalue weighted by atomic mass is 16.4. The van der Waals surface area contributed by atoms with E-state index in [0.29, 0.717) is 5.65 Å². The topological polar surface area (TPSA) is 117 Å². The number of aryl methyl sites for hydroxylation is 2. The van der Waals surface area contributed by atoms with Crippen LogP contribution in [0.5, 0.6) is 0 Å². The lowest BCUT2D eigenvalue weighted by atomic mass is 10.2. The zero-order chi connectivity index (χ0) is 14.9. The Morgan fingerprint density at radius 3 is 2.85 bits per heavy atom. The Kier molecular flexibility index (Phi) is 3.66. The number of aliphatic hydroxyl groups excluding tert-OH is 1. The number of nitrogens with zero attached hydrogens (tertiary/aromatic N) is 3. The van der Waals surface area contributed by atoms with Crippen LogP contribution in [0, 0.1) is 6.92 Å². The molecule has 106 valence electrons. The van der Waals surface area contributed by atoms with E-state index in [1.165, 1.54) is 6.20 Å². The van der Waals surface area contributed by atoms with Crippen molar-refractivity contribution in [2.45, 2.75) is 13.0 Å². The zero-order valence-electron chi connectivity index (χ0n) is 11.0. The molecule has 0 saturated carbocycles. The fraction of sp³-hybridized carbons (Fsp3) is 0.333. The van der Waals surface area contributed by atoms with Gasteiger partial charge in [-0.25, -0.2) is 9.78 Å². The smallest absolute Gasteiger partial charge is 0.334 e. The van der Waals surface area contributed by atoms with E-state index in [4.69, 9.17) is 10.2 Å². The standard InChI is InChI=1S/C12H14N4O4/c1-6-8-3-7(4-13-10(8)16(2)15-6)11(18)14-5-9(17)12(19)20/h3-4,9,17H,5H2,1-2H3,(H,14,18)(H,19,20). The van der Waals surface area contributed by atoms with Gasteiger partial charge in [0.25, 0.3) is 5.91 Å². The average Bonchev–Trinajstić information content (AvgIpc) is 2.70. The van der Waals surface area contributed by atoms with Crippen molar-refractivity contribution in [3.8, 4) is 0 Å². The molecule has 1 amide bonds. The van der Waals surface area contributed by atoms with Crippen molar-refractivity contribution in [2.75, 3.05) is 6.54 Å². The number of hydrogen-bond donors (Lipinski definition) is 3. The molecular weight excluding hydrogens is 264 g/mol. The van der Waals surface area contributed by atoms with Gasteiger partial charge in [-0.2, -0.15) is 5.10 Å². The number of aromatic nitrogens is 3. The van der Waals surface area contributed by atoms with Gasteiger partial charge in [0.1, 0.15) is 0 Å². The summed E-state index contributed by atoms with van der Waals surface area (Å²) in [7, 11) is 1.76. The van der Waals surface area contributed by atoms with Crippen molar-refractivity contribution < 1.29 is 19.8 Å². The van der Waals surface area contributed by atoms with E-state index in [1.807, 2.05) is 0 Å². The fourth-order valence-corrected chi connectivity index (χ4v) is 1.81. The van der Waals surface area contributed by atoms with Gasteiger partial charge >= 0.3 is 5.97 Å². The van der Waals surface area contributed by atoms with Gasteiger partial charge in [0.05, 0.1) is 17.8 Å². The average molecular weight is 278 g/mol. The summed E-state index contributed by atoms with van der Waals surface area (Å²) < 4.78 is 1.61. The van der Waals surface area contributed by atoms with E-state index in [9.17, 15) is 9.59 Å². The van der Waals surface area contributed by atoms with E-state index in [1.54, 1.807) is 24.7 Å². The highest BCUT2D eigenvalue weighted by Gasteiger charge is 2.16. The second-order valence-electron chi connectivity index (χ2n) is 4.37. The number of carboxylic acid groups (broad SMARTS) is 1. The Hall–Kier alpha value is -2.48. The van der Waals surface area contributed by atoms with Gasteiger partial charge in [-0.15, -0.1) is 0 Å². The van der Waals surface area contributed by atoms with Crippen LogP contribution in [-0.4, -0.2) is 49.5 Å². The van der Waals surface area contributed by atoms with E-state index in [-0.39, 0.29) is 12.1 Å². The Labute approximate surface area is 114 Å². The lowest BCUT2D eigenvalue weighted by molar-refractivity contribution is -0.146. The molecule has 0 fully saturated rings. The van der Waals surface area contributed by atoms with Gasteiger partial charge < -0.3 is 15.5 Å².